The highest BCUT2D eigenvalue weighted by molar-refractivity contribution is 6.31. The van der Waals surface area contributed by atoms with E-state index in [9.17, 15) is 4.79 Å². The van der Waals surface area contributed by atoms with Gasteiger partial charge in [-0.1, -0.05) is 29.8 Å². The maximum Gasteiger partial charge on any atom is 0.251 e. The summed E-state index contributed by atoms with van der Waals surface area (Å²) in [6.07, 6.45) is 1.74. The molecular formula is C19H18ClN3O2. The van der Waals surface area contributed by atoms with E-state index in [1.165, 1.54) is 0 Å². The fourth-order valence-electron chi connectivity index (χ4n) is 2.60. The number of aryl methyl sites for hydroxylation is 1. The van der Waals surface area contributed by atoms with E-state index >= 15 is 0 Å². The molecule has 0 aliphatic carbocycles. The second-order valence-corrected chi connectivity index (χ2v) is 6.01. The second-order valence-electron chi connectivity index (χ2n) is 5.60. The summed E-state index contributed by atoms with van der Waals surface area (Å²) in [7, 11) is 1.58. The Labute approximate surface area is 151 Å². The highest BCUT2D eigenvalue weighted by Crippen LogP contribution is 2.32. The van der Waals surface area contributed by atoms with Crippen molar-refractivity contribution in [3.63, 3.8) is 0 Å². The van der Waals surface area contributed by atoms with Crippen molar-refractivity contribution in [2.75, 3.05) is 7.11 Å². The number of methoxy groups -OCH3 is 1. The third-order valence-corrected chi connectivity index (χ3v) is 4.35. The summed E-state index contributed by atoms with van der Waals surface area (Å²) in [4.78, 5) is 12.4. The number of rotatable bonds is 5. The number of aromatic nitrogens is 2. The number of amides is 1. The van der Waals surface area contributed by atoms with Crippen molar-refractivity contribution in [1.29, 1.82) is 0 Å². The van der Waals surface area contributed by atoms with Gasteiger partial charge in [0.25, 0.3) is 5.91 Å². The monoisotopic (exact) mass is 355 g/mol. The van der Waals surface area contributed by atoms with Crippen molar-refractivity contribution >= 4 is 17.5 Å². The van der Waals surface area contributed by atoms with E-state index < -0.39 is 0 Å². The quantitative estimate of drug-likeness (QED) is 0.727. The van der Waals surface area contributed by atoms with Gasteiger partial charge in [0, 0.05) is 34.0 Å². The standard InChI is InChI=1S/C19H18ClN3O2/c1-12-16(11-22-23-12)15-8-7-13(9-18(15)25-2)19(24)21-10-14-5-3-4-6-17(14)20/h3-9,11H,10H2,1-2H3,(H,21,24)(H,22,23). The maximum absolute atomic E-state index is 12.4. The molecule has 1 aromatic heterocycles. The molecule has 6 heteroatoms. The predicted octanol–water partition coefficient (Wildman–Crippen LogP) is 3.98. The Bertz CT molecular complexity index is 905. The number of carbonyl (C=O) groups excluding carboxylic acids is 1. The average molecular weight is 356 g/mol. The zero-order valence-corrected chi connectivity index (χ0v) is 14.7. The Morgan fingerprint density at radius 2 is 2.04 bits per heavy atom. The Kier molecular flexibility index (Phi) is 5.05. The van der Waals surface area contributed by atoms with E-state index in [2.05, 4.69) is 15.5 Å². The summed E-state index contributed by atoms with van der Waals surface area (Å²) in [5, 5.41) is 10.4. The zero-order valence-electron chi connectivity index (χ0n) is 14.0. The number of hydrogen-bond donors (Lipinski definition) is 2. The molecule has 25 heavy (non-hydrogen) atoms. The largest absolute Gasteiger partial charge is 0.496 e. The molecule has 0 aliphatic heterocycles. The van der Waals surface area contributed by atoms with Gasteiger partial charge in [0.1, 0.15) is 5.75 Å². The molecule has 5 nitrogen and oxygen atoms in total. The third-order valence-electron chi connectivity index (χ3n) is 3.98. The molecule has 2 aromatic carbocycles. The fourth-order valence-corrected chi connectivity index (χ4v) is 2.80. The van der Waals surface area contributed by atoms with E-state index in [1.807, 2.05) is 31.2 Å². The lowest BCUT2D eigenvalue weighted by Gasteiger charge is -2.11. The van der Waals surface area contributed by atoms with Crippen LogP contribution in [0.15, 0.2) is 48.7 Å². The van der Waals surface area contributed by atoms with Gasteiger partial charge in [-0.25, -0.2) is 0 Å². The van der Waals surface area contributed by atoms with Crippen LogP contribution in [0.1, 0.15) is 21.6 Å². The van der Waals surface area contributed by atoms with Crippen LogP contribution in [0, 0.1) is 6.92 Å². The minimum Gasteiger partial charge on any atom is -0.496 e. The molecule has 0 saturated carbocycles. The summed E-state index contributed by atoms with van der Waals surface area (Å²) in [5.74, 6) is 0.434. The van der Waals surface area contributed by atoms with Crippen LogP contribution in [0.5, 0.6) is 5.75 Å². The van der Waals surface area contributed by atoms with Crippen molar-refractivity contribution in [2.24, 2.45) is 0 Å². The molecule has 0 aliphatic rings. The van der Waals surface area contributed by atoms with Gasteiger partial charge in [-0.05, 0) is 36.8 Å². The van der Waals surface area contributed by atoms with Gasteiger partial charge in [-0.2, -0.15) is 5.10 Å². The molecule has 0 saturated heterocycles. The topological polar surface area (TPSA) is 67.0 Å². The Morgan fingerprint density at radius 1 is 1.24 bits per heavy atom. The number of ether oxygens (including phenoxy) is 1. The number of nitrogens with zero attached hydrogens (tertiary/aromatic N) is 1. The molecule has 1 amide bonds. The first kappa shape index (κ1) is 17.0. The van der Waals surface area contributed by atoms with E-state index in [-0.39, 0.29) is 5.91 Å². The molecular weight excluding hydrogens is 338 g/mol. The molecule has 1 heterocycles. The van der Waals surface area contributed by atoms with Gasteiger partial charge in [-0.15, -0.1) is 0 Å². The van der Waals surface area contributed by atoms with Crippen LogP contribution in [0.4, 0.5) is 0 Å². The highest BCUT2D eigenvalue weighted by Gasteiger charge is 2.14. The van der Waals surface area contributed by atoms with Gasteiger partial charge in [0.2, 0.25) is 0 Å². The molecule has 0 unspecified atom stereocenters. The summed E-state index contributed by atoms with van der Waals surface area (Å²) in [6.45, 7) is 2.30. The lowest BCUT2D eigenvalue weighted by molar-refractivity contribution is 0.0950. The van der Waals surface area contributed by atoms with Crippen molar-refractivity contribution in [3.05, 3.63) is 70.5 Å². The first-order valence-corrected chi connectivity index (χ1v) is 8.18. The third kappa shape index (κ3) is 3.67. The van der Waals surface area contributed by atoms with Crippen LogP contribution < -0.4 is 10.1 Å². The molecule has 0 radical (unpaired) electrons. The van der Waals surface area contributed by atoms with Crippen LogP contribution in [0.3, 0.4) is 0 Å². The molecule has 0 atom stereocenters. The number of hydrogen-bond acceptors (Lipinski definition) is 3. The first-order valence-electron chi connectivity index (χ1n) is 7.80. The normalized spacial score (nSPS) is 10.5. The van der Waals surface area contributed by atoms with E-state index in [1.54, 1.807) is 31.5 Å². The second kappa shape index (κ2) is 7.40. The molecule has 128 valence electrons. The first-order chi connectivity index (χ1) is 12.1. The fraction of sp³-hybridized carbons (Fsp3) is 0.158. The van der Waals surface area contributed by atoms with E-state index in [0.717, 1.165) is 22.4 Å². The lowest BCUT2D eigenvalue weighted by Crippen LogP contribution is -2.23. The average Bonchev–Trinajstić information content (AvgIpc) is 3.06. The number of aromatic amines is 1. The van der Waals surface area contributed by atoms with Gasteiger partial charge < -0.3 is 10.1 Å². The number of halogens is 1. The Morgan fingerprint density at radius 3 is 2.72 bits per heavy atom. The Balaban J connectivity index is 1.80. The van der Waals surface area contributed by atoms with Crippen LogP contribution in [-0.2, 0) is 6.54 Å². The summed E-state index contributed by atoms with van der Waals surface area (Å²) < 4.78 is 5.45. The highest BCUT2D eigenvalue weighted by atomic mass is 35.5. The number of nitrogens with one attached hydrogen (secondary N) is 2. The lowest BCUT2D eigenvalue weighted by atomic mass is 10.0. The molecule has 0 fully saturated rings. The van der Waals surface area contributed by atoms with Crippen molar-refractivity contribution in [1.82, 2.24) is 15.5 Å². The number of benzene rings is 2. The predicted molar refractivity (Wildman–Crippen MR) is 97.9 cm³/mol. The van der Waals surface area contributed by atoms with Gasteiger partial charge >= 0.3 is 0 Å². The van der Waals surface area contributed by atoms with E-state index in [0.29, 0.717) is 22.9 Å². The van der Waals surface area contributed by atoms with Crippen LogP contribution >= 0.6 is 11.6 Å². The zero-order chi connectivity index (χ0) is 17.8. The van der Waals surface area contributed by atoms with Crippen LogP contribution in [0.2, 0.25) is 5.02 Å². The van der Waals surface area contributed by atoms with Crippen molar-refractivity contribution in [2.45, 2.75) is 13.5 Å². The van der Waals surface area contributed by atoms with Crippen molar-refractivity contribution in [3.8, 4) is 16.9 Å². The minimum atomic E-state index is -0.186. The van der Waals surface area contributed by atoms with E-state index in [4.69, 9.17) is 16.3 Å². The number of carbonyl (C=O) groups is 1. The Hall–Kier alpha value is -2.79. The molecule has 3 rings (SSSR count). The molecule has 0 spiro atoms. The minimum absolute atomic E-state index is 0.186. The smallest absolute Gasteiger partial charge is 0.251 e. The summed E-state index contributed by atoms with van der Waals surface area (Å²) in [6, 6.07) is 12.8. The molecule has 0 bridgehead atoms. The summed E-state index contributed by atoms with van der Waals surface area (Å²) in [5.41, 5.74) is 4.16. The van der Waals surface area contributed by atoms with Gasteiger partial charge in [0.15, 0.2) is 0 Å². The van der Waals surface area contributed by atoms with Crippen LogP contribution in [0.25, 0.3) is 11.1 Å². The summed E-state index contributed by atoms with van der Waals surface area (Å²) >= 11 is 6.11. The van der Waals surface area contributed by atoms with Gasteiger partial charge in [-0.3, -0.25) is 9.89 Å². The maximum atomic E-state index is 12.4. The van der Waals surface area contributed by atoms with Crippen LogP contribution in [-0.4, -0.2) is 23.2 Å². The van der Waals surface area contributed by atoms with Gasteiger partial charge in [0.05, 0.1) is 13.3 Å². The number of H-pyrrole nitrogens is 1. The molecule has 2 N–H and O–H groups in total. The SMILES string of the molecule is COc1cc(C(=O)NCc2ccccc2Cl)ccc1-c1cn[nH]c1C. The van der Waals surface area contributed by atoms with Crippen molar-refractivity contribution < 1.29 is 9.53 Å². The molecule has 3 aromatic rings.